The van der Waals surface area contributed by atoms with Gasteiger partial charge in [0.25, 0.3) is 0 Å². The van der Waals surface area contributed by atoms with Gasteiger partial charge in [0.15, 0.2) is 5.58 Å². The van der Waals surface area contributed by atoms with Crippen LogP contribution in [-0.2, 0) is 6.54 Å². The monoisotopic (exact) mass is 290 g/mol. The lowest BCUT2D eigenvalue weighted by atomic mass is 10.2. The lowest BCUT2D eigenvalue weighted by molar-refractivity contribution is 0.146. The van der Waals surface area contributed by atoms with Gasteiger partial charge in [0.05, 0.1) is 12.1 Å². The maximum atomic E-state index is 12.0. The van der Waals surface area contributed by atoms with Gasteiger partial charge in [-0.05, 0) is 25.0 Å². The standard InChI is InChI=1S/C16H22N2O3/c19-12-11-17(13-5-1-2-6-13)9-10-18-14-7-3-4-8-15(14)21-16(18)20/h3-4,7-8,13,19H,1-2,5-6,9-12H2. The molecule has 0 radical (unpaired) electrons. The number of nitrogens with zero attached hydrogens (tertiary/aromatic N) is 2. The Morgan fingerprint density at radius 2 is 2.00 bits per heavy atom. The van der Waals surface area contributed by atoms with Crippen LogP contribution in [-0.4, -0.2) is 40.3 Å². The van der Waals surface area contributed by atoms with E-state index in [1.807, 2.05) is 24.3 Å². The smallest absolute Gasteiger partial charge is 0.408 e. The first-order valence-electron chi connectivity index (χ1n) is 7.73. The van der Waals surface area contributed by atoms with E-state index in [0.717, 1.165) is 12.1 Å². The highest BCUT2D eigenvalue weighted by atomic mass is 16.4. The predicted molar refractivity (Wildman–Crippen MR) is 81.4 cm³/mol. The summed E-state index contributed by atoms with van der Waals surface area (Å²) < 4.78 is 6.95. The zero-order valence-electron chi connectivity index (χ0n) is 12.2. The first kappa shape index (κ1) is 14.4. The van der Waals surface area contributed by atoms with Crippen molar-refractivity contribution < 1.29 is 9.52 Å². The number of hydrogen-bond donors (Lipinski definition) is 1. The van der Waals surface area contributed by atoms with Crippen LogP contribution < -0.4 is 5.76 Å². The van der Waals surface area contributed by atoms with Gasteiger partial charge >= 0.3 is 5.76 Å². The van der Waals surface area contributed by atoms with Crippen LogP contribution >= 0.6 is 0 Å². The molecule has 21 heavy (non-hydrogen) atoms. The lowest BCUT2D eigenvalue weighted by Crippen LogP contribution is -2.38. The highest BCUT2D eigenvalue weighted by Gasteiger charge is 2.22. The molecule has 1 aromatic carbocycles. The number of fused-ring (bicyclic) bond motifs is 1. The van der Waals surface area contributed by atoms with E-state index in [0.29, 0.717) is 24.7 Å². The number of oxazole rings is 1. The van der Waals surface area contributed by atoms with Gasteiger partial charge in [0, 0.05) is 25.7 Å². The molecule has 114 valence electrons. The molecule has 5 nitrogen and oxygen atoms in total. The Balaban J connectivity index is 1.75. The van der Waals surface area contributed by atoms with E-state index >= 15 is 0 Å². The van der Waals surface area contributed by atoms with Gasteiger partial charge in [-0.1, -0.05) is 25.0 Å². The van der Waals surface area contributed by atoms with Crippen LogP contribution in [0.2, 0.25) is 0 Å². The van der Waals surface area contributed by atoms with E-state index < -0.39 is 0 Å². The second-order valence-corrected chi connectivity index (χ2v) is 5.69. The second kappa shape index (κ2) is 6.45. The Bertz CT molecular complexity index is 640. The van der Waals surface area contributed by atoms with Crippen LogP contribution in [0, 0.1) is 0 Å². The van der Waals surface area contributed by atoms with Crippen molar-refractivity contribution in [2.24, 2.45) is 0 Å². The molecule has 0 saturated heterocycles. The molecule has 1 aromatic heterocycles. The Kier molecular flexibility index (Phi) is 4.41. The maximum Gasteiger partial charge on any atom is 0.419 e. The van der Waals surface area contributed by atoms with E-state index in [1.165, 1.54) is 25.7 Å². The molecule has 0 amide bonds. The molecule has 5 heteroatoms. The number of aliphatic hydroxyl groups is 1. The molecule has 2 aromatic rings. The van der Waals surface area contributed by atoms with E-state index in [2.05, 4.69) is 4.90 Å². The predicted octanol–water partition coefficient (Wildman–Crippen LogP) is 1.83. The molecule has 0 unspecified atom stereocenters. The zero-order valence-corrected chi connectivity index (χ0v) is 12.2. The molecule has 1 heterocycles. The van der Waals surface area contributed by atoms with Crippen molar-refractivity contribution in [1.29, 1.82) is 0 Å². The van der Waals surface area contributed by atoms with Crippen molar-refractivity contribution in [2.45, 2.75) is 38.3 Å². The summed E-state index contributed by atoms with van der Waals surface area (Å²) in [6.07, 6.45) is 4.92. The van der Waals surface area contributed by atoms with Crippen LogP contribution in [0.4, 0.5) is 0 Å². The van der Waals surface area contributed by atoms with Crippen LogP contribution in [0.25, 0.3) is 11.1 Å². The Morgan fingerprint density at radius 3 is 2.76 bits per heavy atom. The summed E-state index contributed by atoms with van der Waals surface area (Å²) in [7, 11) is 0. The quantitative estimate of drug-likeness (QED) is 0.882. The topological polar surface area (TPSA) is 58.6 Å². The van der Waals surface area contributed by atoms with Crippen molar-refractivity contribution >= 4 is 11.1 Å². The van der Waals surface area contributed by atoms with Crippen molar-refractivity contribution in [2.75, 3.05) is 19.7 Å². The summed E-state index contributed by atoms with van der Waals surface area (Å²) >= 11 is 0. The first-order chi connectivity index (χ1) is 10.3. The number of benzene rings is 1. The fraction of sp³-hybridized carbons (Fsp3) is 0.562. The van der Waals surface area contributed by atoms with Crippen LogP contribution in [0.3, 0.4) is 0 Å². The second-order valence-electron chi connectivity index (χ2n) is 5.69. The van der Waals surface area contributed by atoms with Gasteiger partial charge in [0.2, 0.25) is 0 Å². The van der Waals surface area contributed by atoms with E-state index in [9.17, 15) is 9.90 Å². The lowest BCUT2D eigenvalue weighted by Gasteiger charge is -2.27. The number of aromatic nitrogens is 1. The average Bonchev–Trinajstić information content (AvgIpc) is 3.11. The molecule has 1 fully saturated rings. The third-order valence-corrected chi connectivity index (χ3v) is 4.41. The van der Waals surface area contributed by atoms with E-state index in [4.69, 9.17) is 4.42 Å². The third-order valence-electron chi connectivity index (χ3n) is 4.41. The van der Waals surface area contributed by atoms with Gasteiger partial charge in [-0.15, -0.1) is 0 Å². The molecule has 1 aliphatic carbocycles. The fourth-order valence-corrected chi connectivity index (χ4v) is 3.33. The molecule has 1 saturated carbocycles. The fourth-order valence-electron chi connectivity index (χ4n) is 3.33. The van der Waals surface area contributed by atoms with Crippen molar-refractivity contribution in [1.82, 2.24) is 9.47 Å². The summed E-state index contributed by atoms with van der Waals surface area (Å²) in [6, 6.07) is 8.05. The van der Waals surface area contributed by atoms with Gasteiger partial charge < -0.3 is 9.52 Å². The molecule has 1 aliphatic rings. The van der Waals surface area contributed by atoms with Gasteiger partial charge in [0.1, 0.15) is 0 Å². The molecule has 0 atom stereocenters. The Hall–Kier alpha value is -1.59. The maximum absolute atomic E-state index is 12.0. The van der Waals surface area contributed by atoms with Crippen LogP contribution in [0.5, 0.6) is 0 Å². The van der Waals surface area contributed by atoms with E-state index in [1.54, 1.807) is 4.57 Å². The van der Waals surface area contributed by atoms with Gasteiger partial charge in [-0.3, -0.25) is 9.47 Å². The van der Waals surface area contributed by atoms with Crippen molar-refractivity contribution in [3.8, 4) is 0 Å². The summed E-state index contributed by atoms with van der Waals surface area (Å²) in [4.78, 5) is 14.3. The number of rotatable bonds is 6. The Labute approximate surface area is 123 Å². The molecule has 0 bridgehead atoms. The number of para-hydroxylation sites is 2. The van der Waals surface area contributed by atoms with Gasteiger partial charge in [-0.25, -0.2) is 4.79 Å². The third kappa shape index (κ3) is 3.04. The molecule has 0 spiro atoms. The highest BCUT2D eigenvalue weighted by molar-refractivity contribution is 5.72. The summed E-state index contributed by atoms with van der Waals surface area (Å²) in [6.45, 7) is 2.22. The zero-order chi connectivity index (χ0) is 14.7. The largest absolute Gasteiger partial charge is 0.419 e. The summed E-state index contributed by atoms with van der Waals surface area (Å²) in [5.41, 5.74) is 1.48. The van der Waals surface area contributed by atoms with Crippen LogP contribution in [0.15, 0.2) is 33.5 Å². The SMILES string of the molecule is O=c1oc2ccccc2n1CCN(CCO)C1CCCC1. The number of hydrogen-bond acceptors (Lipinski definition) is 4. The summed E-state index contributed by atoms with van der Waals surface area (Å²) in [5.74, 6) is -0.299. The van der Waals surface area contributed by atoms with Crippen molar-refractivity contribution in [3.63, 3.8) is 0 Å². The molecule has 3 rings (SSSR count). The molecule has 0 aliphatic heterocycles. The molecule has 1 N–H and O–H groups in total. The minimum atomic E-state index is -0.299. The van der Waals surface area contributed by atoms with E-state index in [-0.39, 0.29) is 12.4 Å². The van der Waals surface area contributed by atoms with Crippen molar-refractivity contribution in [3.05, 3.63) is 34.8 Å². The average molecular weight is 290 g/mol. The van der Waals surface area contributed by atoms with Gasteiger partial charge in [-0.2, -0.15) is 0 Å². The molecular weight excluding hydrogens is 268 g/mol. The number of aliphatic hydroxyl groups excluding tert-OH is 1. The highest BCUT2D eigenvalue weighted by Crippen LogP contribution is 2.23. The minimum absolute atomic E-state index is 0.164. The normalized spacial score (nSPS) is 16.3. The Morgan fingerprint density at radius 1 is 1.24 bits per heavy atom. The molecular formula is C16H22N2O3. The minimum Gasteiger partial charge on any atom is -0.408 e. The van der Waals surface area contributed by atoms with Crippen LogP contribution in [0.1, 0.15) is 25.7 Å². The summed E-state index contributed by atoms with van der Waals surface area (Å²) in [5, 5.41) is 9.25. The first-order valence-corrected chi connectivity index (χ1v) is 7.73.